The molecule has 0 aromatic rings. The van der Waals surface area contributed by atoms with Gasteiger partial charge in [-0.1, -0.05) is 5.92 Å². The monoisotopic (exact) mass is 136 g/mol. The van der Waals surface area contributed by atoms with Crippen LogP contribution >= 0.6 is 0 Å². The zero-order valence-corrected chi connectivity index (χ0v) is 6.08. The van der Waals surface area contributed by atoms with Gasteiger partial charge in [0.05, 0.1) is 6.04 Å². The van der Waals surface area contributed by atoms with Crippen molar-refractivity contribution < 1.29 is 0 Å². The number of hydrogen-bond donors (Lipinski definition) is 0. The maximum Gasteiger partial charge on any atom is 0.0841 e. The van der Waals surface area contributed by atoms with Gasteiger partial charge in [-0.3, -0.25) is 9.80 Å². The number of fused-ring (bicyclic) bond motifs is 3. The van der Waals surface area contributed by atoms with Crippen LogP contribution in [0.2, 0.25) is 0 Å². The zero-order valence-electron chi connectivity index (χ0n) is 6.08. The first-order chi connectivity index (χ1) is 4.90. The molecule has 3 saturated heterocycles. The summed E-state index contributed by atoms with van der Waals surface area (Å²) in [6.45, 7) is 5.89. The summed E-state index contributed by atoms with van der Waals surface area (Å²) in [6, 6.07) is 0.405. The molecule has 0 N–H and O–H groups in total. The Hall–Kier alpha value is -0.520. The molecule has 10 heavy (non-hydrogen) atoms. The molecule has 0 aromatic carbocycles. The van der Waals surface area contributed by atoms with E-state index in [-0.39, 0.29) is 0 Å². The predicted octanol–water partition coefficient (Wildman–Crippen LogP) is -0.381. The fourth-order valence-corrected chi connectivity index (χ4v) is 1.78. The lowest BCUT2D eigenvalue weighted by Crippen LogP contribution is -2.60. The third kappa shape index (κ3) is 0.828. The average Bonchev–Trinajstić information content (AvgIpc) is 2.06. The van der Waals surface area contributed by atoms with Crippen molar-refractivity contribution in [2.75, 3.05) is 32.7 Å². The van der Waals surface area contributed by atoms with Crippen LogP contribution in [0.4, 0.5) is 0 Å². The minimum Gasteiger partial charge on any atom is -0.298 e. The number of rotatable bonds is 0. The Labute approximate surface area is 61.8 Å². The second kappa shape index (κ2) is 2.26. The smallest absolute Gasteiger partial charge is 0.0841 e. The van der Waals surface area contributed by atoms with E-state index < -0.39 is 0 Å². The van der Waals surface area contributed by atoms with Crippen LogP contribution in [-0.2, 0) is 0 Å². The summed E-state index contributed by atoms with van der Waals surface area (Å²) in [4.78, 5) is 4.85. The molecule has 2 nitrogen and oxygen atoms in total. The highest BCUT2D eigenvalue weighted by atomic mass is 15.3. The Morgan fingerprint density at radius 1 is 1.20 bits per heavy atom. The molecule has 2 bridgehead atoms. The Morgan fingerprint density at radius 3 is 2.20 bits per heavy atom. The molecule has 0 radical (unpaired) electrons. The van der Waals surface area contributed by atoms with Crippen molar-refractivity contribution in [3.63, 3.8) is 0 Å². The molecular weight excluding hydrogens is 124 g/mol. The van der Waals surface area contributed by atoms with Crippen LogP contribution in [0.3, 0.4) is 0 Å². The van der Waals surface area contributed by atoms with Gasteiger partial charge in [0.15, 0.2) is 0 Å². The van der Waals surface area contributed by atoms with E-state index in [4.69, 9.17) is 6.42 Å². The summed E-state index contributed by atoms with van der Waals surface area (Å²) in [5.74, 6) is 2.82. The first-order valence-corrected chi connectivity index (χ1v) is 3.82. The van der Waals surface area contributed by atoms with Gasteiger partial charge >= 0.3 is 0 Å². The Morgan fingerprint density at radius 2 is 1.90 bits per heavy atom. The van der Waals surface area contributed by atoms with Crippen LogP contribution in [0.1, 0.15) is 0 Å². The van der Waals surface area contributed by atoms with Crippen molar-refractivity contribution in [3.8, 4) is 12.3 Å². The topological polar surface area (TPSA) is 6.48 Å². The molecule has 0 amide bonds. The summed E-state index contributed by atoms with van der Waals surface area (Å²) < 4.78 is 0. The van der Waals surface area contributed by atoms with E-state index in [1.165, 1.54) is 26.2 Å². The van der Waals surface area contributed by atoms with Gasteiger partial charge in [-0.05, 0) is 0 Å². The van der Waals surface area contributed by atoms with E-state index in [0.29, 0.717) is 6.04 Å². The minimum atomic E-state index is 0.405. The summed E-state index contributed by atoms with van der Waals surface area (Å²) >= 11 is 0. The number of piperazine rings is 3. The van der Waals surface area contributed by atoms with Gasteiger partial charge < -0.3 is 0 Å². The van der Waals surface area contributed by atoms with E-state index in [0.717, 1.165) is 6.54 Å². The van der Waals surface area contributed by atoms with Crippen molar-refractivity contribution in [3.05, 3.63) is 0 Å². The first-order valence-electron chi connectivity index (χ1n) is 3.82. The number of terminal acetylenes is 1. The fraction of sp³-hybridized carbons (Fsp3) is 0.750. The van der Waals surface area contributed by atoms with Crippen molar-refractivity contribution in [1.82, 2.24) is 9.80 Å². The van der Waals surface area contributed by atoms with Gasteiger partial charge in [0.2, 0.25) is 0 Å². The van der Waals surface area contributed by atoms with Crippen LogP contribution in [0.15, 0.2) is 0 Å². The molecule has 3 aliphatic heterocycles. The van der Waals surface area contributed by atoms with E-state index >= 15 is 0 Å². The summed E-state index contributed by atoms with van der Waals surface area (Å²) in [6.07, 6.45) is 5.37. The maximum atomic E-state index is 5.37. The average molecular weight is 136 g/mol. The molecule has 1 unspecified atom stereocenters. The molecule has 0 aromatic heterocycles. The number of nitrogens with zero attached hydrogens (tertiary/aromatic N) is 2. The van der Waals surface area contributed by atoms with Gasteiger partial charge in [0, 0.05) is 32.7 Å². The van der Waals surface area contributed by atoms with E-state index in [1.807, 2.05) is 0 Å². The molecule has 3 aliphatic rings. The van der Waals surface area contributed by atoms with Crippen LogP contribution in [-0.4, -0.2) is 48.6 Å². The Balaban J connectivity index is 2.09. The molecule has 3 rings (SSSR count). The minimum absolute atomic E-state index is 0.405. The molecule has 3 fully saturated rings. The van der Waals surface area contributed by atoms with Crippen molar-refractivity contribution in [2.45, 2.75) is 6.04 Å². The molecular formula is C8H12N2. The summed E-state index contributed by atoms with van der Waals surface area (Å²) in [5, 5.41) is 0. The van der Waals surface area contributed by atoms with Gasteiger partial charge in [-0.2, -0.15) is 0 Å². The number of hydrogen-bond acceptors (Lipinski definition) is 2. The van der Waals surface area contributed by atoms with Gasteiger partial charge in [-0.25, -0.2) is 0 Å². The molecule has 0 aliphatic carbocycles. The van der Waals surface area contributed by atoms with Gasteiger partial charge in [0.25, 0.3) is 0 Å². The van der Waals surface area contributed by atoms with Crippen LogP contribution in [0.25, 0.3) is 0 Å². The standard InChI is InChI=1S/C8H12N2/c1-2-8-7-9-3-5-10(8)6-4-9/h1,8H,3-7H2. The SMILES string of the molecule is C#CC1CN2CCN1CC2. The highest BCUT2D eigenvalue weighted by molar-refractivity contribution is 5.05. The van der Waals surface area contributed by atoms with E-state index in [2.05, 4.69) is 15.7 Å². The lowest BCUT2D eigenvalue weighted by Gasteiger charge is -2.45. The third-order valence-corrected chi connectivity index (χ3v) is 2.47. The molecule has 0 spiro atoms. The predicted molar refractivity (Wildman–Crippen MR) is 40.6 cm³/mol. The van der Waals surface area contributed by atoms with E-state index in [9.17, 15) is 0 Å². The Kier molecular flexibility index (Phi) is 1.40. The van der Waals surface area contributed by atoms with E-state index in [1.54, 1.807) is 0 Å². The highest BCUT2D eigenvalue weighted by Gasteiger charge is 2.29. The second-order valence-corrected chi connectivity index (χ2v) is 3.02. The quantitative estimate of drug-likeness (QED) is 0.419. The van der Waals surface area contributed by atoms with Crippen molar-refractivity contribution >= 4 is 0 Å². The molecule has 0 saturated carbocycles. The van der Waals surface area contributed by atoms with Gasteiger partial charge in [0.1, 0.15) is 0 Å². The third-order valence-electron chi connectivity index (χ3n) is 2.47. The molecule has 54 valence electrons. The molecule has 2 heteroatoms. The van der Waals surface area contributed by atoms with Crippen LogP contribution < -0.4 is 0 Å². The second-order valence-electron chi connectivity index (χ2n) is 3.02. The lowest BCUT2D eigenvalue weighted by atomic mass is 10.1. The fourth-order valence-electron chi connectivity index (χ4n) is 1.78. The van der Waals surface area contributed by atoms with Crippen LogP contribution in [0, 0.1) is 12.3 Å². The van der Waals surface area contributed by atoms with Crippen molar-refractivity contribution in [1.29, 1.82) is 0 Å². The summed E-state index contributed by atoms with van der Waals surface area (Å²) in [5.41, 5.74) is 0. The largest absolute Gasteiger partial charge is 0.298 e. The molecule has 1 atom stereocenters. The van der Waals surface area contributed by atoms with Crippen molar-refractivity contribution in [2.24, 2.45) is 0 Å². The lowest BCUT2D eigenvalue weighted by molar-refractivity contribution is 0.0371. The normalized spacial score (nSPS) is 44.9. The molecule has 3 heterocycles. The summed E-state index contributed by atoms with van der Waals surface area (Å²) in [7, 11) is 0. The van der Waals surface area contributed by atoms with Crippen LogP contribution in [0.5, 0.6) is 0 Å². The Bertz CT molecular complexity index is 163. The first kappa shape index (κ1) is 6.21. The zero-order chi connectivity index (χ0) is 6.97. The van der Waals surface area contributed by atoms with Gasteiger partial charge in [-0.15, -0.1) is 6.42 Å². The highest BCUT2D eigenvalue weighted by Crippen LogP contribution is 2.14. The maximum absolute atomic E-state index is 5.37.